The minimum atomic E-state index is 0.609. The molecule has 0 saturated heterocycles. The zero-order chi connectivity index (χ0) is 17.9. The average molecular weight is 386 g/mol. The number of methoxy groups -OCH3 is 1. The molecule has 0 aliphatic heterocycles. The van der Waals surface area contributed by atoms with Crippen LogP contribution in [0, 0.1) is 0 Å². The number of thiophene rings is 2. The van der Waals surface area contributed by atoms with Gasteiger partial charge in [0.15, 0.2) is 6.29 Å². The maximum atomic E-state index is 11.0. The molecule has 0 unspecified atom stereocenters. The summed E-state index contributed by atoms with van der Waals surface area (Å²) in [6.07, 6.45) is 0.911. The van der Waals surface area contributed by atoms with E-state index < -0.39 is 0 Å². The van der Waals surface area contributed by atoms with Crippen LogP contribution in [0.1, 0.15) is 9.67 Å². The molecule has 0 bridgehead atoms. The number of aromatic nitrogens is 1. The Morgan fingerprint density at radius 2 is 1.88 bits per heavy atom. The molecule has 0 aliphatic rings. The van der Waals surface area contributed by atoms with Crippen molar-refractivity contribution in [1.29, 1.82) is 0 Å². The largest absolute Gasteiger partial charge is 0.382 e. The quantitative estimate of drug-likeness (QED) is 0.314. The lowest BCUT2D eigenvalue weighted by atomic mass is 10.2. The van der Waals surface area contributed by atoms with E-state index in [0.29, 0.717) is 19.8 Å². The SMILES string of the molecule is COCCOCCn1c2ccccc2c2sc(-c3ccc(C=O)s3)cc21. The molecule has 3 aromatic heterocycles. The highest BCUT2D eigenvalue weighted by atomic mass is 32.1. The van der Waals surface area contributed by atoms with Crippen molar-refractivity contribution < 1.29 is 14.3 Å². The molecule has 0 atom stereocenters. The third-order valence-electron chi connectivity index (χ3n) is 4.32. The lowest BCUT2D eigenvalue weighted by Gasteiger charge is -2.07. The fraction of sp³-hybridized carbons (Fsp3) is 0.250. The fourth-order valence-corrected chi connectivity index (χ4v) is 5.22. The van der Waals surface area contributed by atoms with Crippen LogP contribution in [-0.2, 0) is 16.0 Å². The Bertz CT molecular complexity index is 1040. The highest BCUT2D eigenvalue weighted by Gasteiger charge is 2.15. The molecule has 4 aromatic rings. The van der Waals surface area contributed by atoms with Crippen LogP contribution in [0.25, 0.3) is 30.9 Å². The highest BCUT2D eigenvalue weighted by Crippen LogP contribution is 2.41. The molecule has 26 heavy (non-hydrogen) atoms. The number of para-hydroxylation sites is 1. The lowest BCUT2D eigenvalue weighted by Crippen LogP contribution is -2.09. The first kappa shape index (κ1) is 17.4. The molecule has 0 spiro atoms. The molecule has 6 heteroatoms. The summed E-state index contributed by atoms with van der Waals surface area (Å²) in [4.78, 5) is 14.1. The second-order valence-corrected chi connectivity index (χ2v) is 8.09. The summed E-state index contributed by atoms with van der Waals surface area (Å²) in [5, 5.41) is 1.27. The van der Waals surface area contributed by atoms with Gasteiger partial charge in [0.25, 0.3) is 0 Å². The van der Waals surface area contributed by atoms with Gasteiger partial charge in [0.1, 0.15) is 0 Å². The predicted molar refractivity (Wildman–Crippen MR) is 109 cm³/mol. The minimum Gasteiger partial charge on any atom is -0.382 e. The number of carbonyl (C=O) groups excluding carboxylic acids is 1. The summed E-state index contributed by atoms with van der Waals surface area (Å²) in [5.41, 5.74) is 2.46. The third-order valence-corrected chi connectivity index (χ3v) is 6.68. The third kappa shape index (κ3) is 3.21. The van der Waals surface area contributed by atoms with Crippen molar-refractivity contribution in [2.45, 2.75) is 6.54 Å². The van der Waals surface area contributed by atoms with Gasteiger partial charge in [0.05, 0.1) is 40.4 Å². The molecule has 134 valence electrons. The van der Waals surface area contributed by atoms with E-state index in [1.807, 2.05) is 12.1 Å². The molecule has 0 aliphatic carbocycles. The van der Waals surface area contributed by atoms with Crippen molar-refractivity contribution in [3.63, 3.8) is 0 Å². The van der Waals surface area contributed by atoms with Crippen LogP contribution in [0.2, 0.25) is 0 Å². The van der Waals surface area contributed by atoms with Crippen LogP contribution >= 0.6 is 22.7 Å². The molecule has 4 rings (SSSR count). The van der Waals surface area contributed by atoms with Crippen molar-refractivity contribution in [3.05, 3.63) is 47.3 Å². The van der Waals surface area contributed by atoms with Gasteiger partial charge in [-0.1, -0.05) is 18.2 Å². The fourth-order valence-electron chi connectivity index (χ4n) is 3.12. The van der Waals surface area contributed by atoms with Crippen molar-refractivity contribution in [2.75, 3.05) is 26.9 Å². The Morgan fingerprint density at radius 3 is 2.69 bits per heavy atom. The number of ether oxygens (including phenoxy) is 2. The molecule has 0 fully saturated rings. The first-order chi connectivity index (χ1) is 12.8. The molecule has 0 radical (unpaired) electrons. The molecular weight excluding hydrogens is 366 g/mol. The van der Waals surface area contributed by atoms with Crippen molar-refractivity contribution in [2.24, 2.45) is 0 Å². The molecule has 1 aromatic carbocycles. The van der Waals surface area contributed by atoms with Gasteiger partial charge in [-0.25, -0.2) is 0 Å². The number of carbonyl (C=O) groups is 1. The predicted octanol–water partition coefficient (Wildman–Crippen LogP) is 5.06. The zero-order valence-electron chi connectivity index (χ0n) is 14.4. The molecule has 0 saturated carbocycles. The van der Waals surface area contributed by atoms with E-state index in [0.717, 1.165) is 22.6 Å². The van der Waals surface area contributed by atoms with Crippen LogP contribution in [-0.4, -0.2) is 37.8 Å². The zero-order valence-corrected chi connectivity index (χ0v) is 16.1. The van der Waals surface area contributed by atoms with Gasteiger partial charge in [-0.2, -0.15) is 0 Å². The topological polar surface area (TPSA) is 40.5 Å². The van der Waals surface area contributed by atoms with Crippen LogP contribution in [0.3, 0.4) is 0 Å². The summed E-state index contributed by atoms with van der Waals surface area (Å²) in [6, 6.07) is 14.6. The highest BCUT2D eigenvalue weighted by molar-refractivity contribution is 7.27. The number of hydrogen-bond acceptors (Lipinski definition) is 5. The maximum Gasteiger partial charge on any atom is 0.160 e. The molecular formula is C20H19NO3S2. The summed E-state index contributed by atoms with van der Waals surface area (Å²) < 4.78 is 14.3. The Morgan fingerprint density at radius 1 is 1.00 bits per heavy atom. The summed E-state index contributed by atoms with van der Waals surface area (Å²) in [7, 11) is 1.68. The van der Waals surface area contributed by atoms with Crippen LogP contribution in [0.5, 0.6) is 0 Å². The Labute approximate surface area is 159 Å². The van der Waals surface area contributed by atoms with Crippen molar-refractivity contribution in [1.82, 2.24) is 4.57 Å². The minimum absolute atomic E-state index is 0.609. The molecule has 4 nitrogen and oxygen atoms in total. The maximum absolute atomic E-state index is 11.0. The van der Waals surface area contributed by atoms with Crippen LogP contribution in [0.4, 0.5) is 0 Å². The van der Waals surface area contributed by atoms with E-state index in [-0.39, 0.29) is 0 Å². The Hall–Kier alpha value is -1.99. The smallest absolute Gasteiger partial charge is 0.160 e. The van der Waals surface area contributed by atoms with Gasteiger partial charge >= 0.3 is 0 Å². The molecule has 0 N–H and O–H groups in total. The van der Waals surface area contributed by atoms with Gasteiger partial charge in [-0.15, -0.1) is 22.7 Å². The lowest BCUT2D eigenvalue weighted by molar-refractivity contribution is 0.0674. The van der Waals surface area contributed by atoms with E-state index in [2.05, 4.69) is 34.9 Å². The van der Waals surface area contributed by atoms with E-state index in [9.17, 15) is 4.79 Å². The van der Waals surface area contributed by atoms with Crippen LogP contribution < -0.4 is 0 Å². The Kier molecular flexibility index (Phi) is 5.17. The summed E-state index contributed by atoms with van der Waals surface area (Å²) >= 11 is 3.32. The molecule has 3 heterocycles. The van der Waals surface area contributed by atoms with Gasteiger partial charge in [-0.05, 0) is 24.3 Å². The summed E-state index contributed by atoms with van der Waals surface area (Å²) in [6.45, 7) is 2.67. The number of fused-ring (bicyclic) bond motifs is 3. The number of benzene rings is 1. The van der Waals surface area contributed by atoms with Gasteiger partial charge < -0.3 is 14.0 Å². The second-order valence-electron chi connectivity index (χ2n) is 5.92. The van der Waals surface area contributed by atoms with E-state index in [4.69, 9.17) is 9.47 Å². The summed E-state index contributed by atoms with van der Waals surface area (Å²) in [5.74, 6) is 0. The number of rotatable bonds is 8. The normalized spacial score (nSPS) is 11.6. The van der Waals surface area contributed by atoms with Gasteiger partial charge in [0, 0.05) is 28.8 Å². The second kappa shape index (κ2) is 7.72. The standard InChI is InChI=1S/C20H19NO3S2/c1-23-10-11-24-9-8-21-16-5-3-2-4-15(16)20-17(21)12-19(26-20)18-7-6-14(13-22)25-18/h2-7,12-13H,8-11H2,1H3. The van der Waals surface area contributed by atoms with E-state index >= 15 is 0 Å². The van der Waals surface area contributed by atoms with Crippen molar-refractivity contribution >= 4 is 50.1 Å². The number of nitrogens with zero attached hydrogens (tertiary/aromatic N) is 1. The first-order valence-corrected chi connectivity index (χ1v) is 10.1. The molecule has 0 amide bonds. The van der Waals surface area contributed by atoms with Crippen molar-refractivity contribution in [3.8, 4) is 9.75 Å². The Balaban J connectivity index is 1.71. The van der Waals surface area contributed by atoms with Crippen LogP contribution in [0.15, 0.2) is 42.5 Å². The van der Waals surface area contributed by atoms with E-state index in [1.54, 1.807) is 18.4 Å². The van der Waals surface area contributed by atoms with E-state index in [1.165, 1.54) is 37.3 Å². The van der Waals surface area contributed by atoms with Gasteiger partial charge in [-0.3, -0.25) is 4.79 Å². The monoisotopic (exact) mass is 385 g/mol. The average Bonchev–Trinajstić information content (AvgIpc) is 3.36. The van der Waals surface area contributed by atoms with Gasteiger partial charge in [0.2, 0.25) is 0 Å². The number of hydrogen-bond donors (Lipinski definition) is 0. The number of aldehydes is 1. The first-order valence-electron chi connectivity index (χ1n) is 8.44.